The molecule has 0 aromatic heterocycles. The molecule has 1 rings (SSSR count). The van der Waals surface area contributed by atoms with Crippen LogP contribution in [0.4, 0.5) is 8.78 Å². The number of aliphatic carboxylic acids is 1. The highest BCUT2D eigenvalue weighted by Gasteiger charge is 2.15. The minimum atomic E-state index is -0.998. The van der Waals surface area contributed by atoms with Gasteiger partial charge in [0, 0.05) is 25.1 Å². The number of carbonyl (C=O) groups is 1. The Hall–Kier alpha value is -1.53. The molecule has 0 fully saturated rings. The Labute approximate surface area is 103 Å². The fourth-order valence-electron chi connectivity index (χ4n) is 1.56. The number of benzene rings is 1. The summed E-state index contributed by atoms with van der Waals surface area (Å²) in [5.41, 5.74) is 5.76. The van der Waals surface area contributed by atoms with E-state index in [-0.39, 0.29) is 30.6 Å². The lowest BCUT2D eigenvalue weighted by Gasteiger charge is -2.13. The van der Waals surface area contributed by atoms with Crippen molar-refractivity contribution < 1.29 is 23.4 Å². The maximum Gasteiger partial charge on any atom is 0.303 e. The zero-order valence-electron chi connectivity index (χ0n) is 9.95. The third kappa shape index (κ3) is 3.75. The molecular weight excluding hydrogens is 244 g/mol. The number of hydrogen-bond donors (Lipinski definition) is 2. The van der Waals surface area contributed by atoms with Crippen molar-refractivity contribution in [3.05, 3.63) is 34.9 Å². The van der Waals surface area contributed by atoms with E-state index >= 15 is 0 Å². The lowest BCUT2D eigenvalue weighted by atomic mass is 10.0. The molecule has 0 aliphatic carbocycles. The van der Waals surface area contributed by atoms with Crippen molar-refractivity contribution in [2.24, 2.45) is 5.73 Å². The van der Waals surface area contributed by atoms with E-state index < -0.39 is 23.6 Å². The van der Waals surface area contributed by atoms with Crippen LogP contribution in [0, 0.1) is 11.6 Å². The van der Waals surface area contributed by atoms with E-state index in [0.717, 1.165) is 12.1 Å². The Bertz CT molecular complexity index is 414. The molecule has 0 saturated heterocycles. The molecular formula is C12H15F2NO3. The summed E-state index contributed by atoms with van der Waals surface area (Å²) in [5, 5.41) is 8.51. The first-order valence-corrected chi connectivity index (χ1v) is 5.39. The van der Waals surface area contributed by atoms with Crippen LogP contribution in [0.25, 0.3) is 0 Å². The number of methoxy groups -OCH3 is 1. The zero-order valence-corrected chi connectivity index (χ0v) is 9.95. The Balaban J connectivity index is 2.88. The quantitative estimate of drug-likeness (QED) is 0.819. The van der Waals surface area contributed by atoms with Gasteiger partial charge in [-0.2, -0.15) is 0 Å². The molecule has 0 bridgehead atoms. The normalized spacial score (nSPS) is 12.4. The number of nitrogens with two attached hydrogens (primary N) is 1. The molecule has 1 unspecified atom stereocenters. The van der Waals surface area contributed by atoms with E-state index in [2.05, 4.69) is 4.74 Å². The Morgan fingerprint density at radius 2 is 2.00 bits per heavy atom. The fourth-order valence-corrected chi connectivity index (χ4v) is 1.56. The second-order valence-electron chi connectivity index (χ2n) is 3.94. The van der Waals surface area contributed by atoms with E-state index in [1.54, 1.807) is 0 Å². The molecule has 0 saturated carbocycles. The van der Waals surface area contributed by atoms with E-state index in [1.807, 2.05) is 0 Å². The molecule has 6 heteroatoms. The Morgan fingerprint density at radius 1 is 1.44 bits per heavy atom. The Morgan fingerprint density at radius 3 is 2.44 bits per heavy atom. The number of rotatable bonds is 6. The van der Waals surface area contributed by atoms with Crippen molar-refractivity contribution >= 4 is 5.97 Å². The summed E-state index contributed by atoms with van der Waals surface area (Å²) in [5.74, 6) is -2.47. The first kappa shape index (κ1) is 14.5. The highest BCUT2D eigenvalue weighted by Crippen LogP contribution is 2.22. The topological polar surface area (TPSA) is 72.5 Å². The van der Waals surface area contributed by atoms with Crippen LogP contribution in [0.1, 0.15) is 30.0 Å². The van der Waals surface area contributed by atoms with Gasteiger partial charge >= 0.3 is 5.97 Å². The summed E-state index contributed by atoms with van der Waals surface area (Å²) in [6.07, 6.45) is -0.0257. The van der Waals surface area contributed by atoms with Gasteiger partial charge in [0.05, 0.1) is 6.61 Å². The minimum absolute atomic E-state index is 0.123. The molecule has 0 amide bonds. The average molecular weight is 259 g/mol. The van der Waals surface area contributed by atoms with E-state index in [9.17, 15) is 13.6 Å². The van der Waals surface area contributed by atoms with Crippen molar-refractivity contribution in [1.29, 1.82) is 0 Å². The number of ether oxygens (including phenoxy) is 1. The molecule has 4 nitrogen and oxygen atoms in total. The predicted molar refractivity (Wildman–Crippen MR) is 60.9 cm³/mol. The monoisotopic (exact) mass is 259 g/mol. The molecule has 1 atom stereocenters. The number of hydrogen-bond acceptors (Lipinski definition) is 3. The van der Waals surface area contributed by atoms with Crippen LogP contribution >= 0.6 is 0 Å². The summed E-state index contributed by atoms with van der Waals surface area (Å²) < 4.78 is 31.8. The summed E-state index contributed by atoms with van der Waals surface area (Å²) in [4.78, 5) is 10.4. The summed E-state index contributed by atoms with van der Waals surface area (Å²) in [6.45, 7) is -0.164. The van der Waals surface area contributed by atoms with Crippen molar-refractivity contribution in [2.75, 3.05) is 7.11 Å². The fraction of sp³-hybridized carbons (Fsp3) is 0.417. The highest BCUT2D eigenvalue weighted by molar-refractivity contribution is 5.66. The van der Waals surface area contributed by atoms with E-state index in [4.69, 9.17) is 10.8 Å². The molecule has 1 aromatic carbocycles. The van der Waals surface area contributed by atoms with Crippen LogP contribution in [0.15, 0.2) is 12.1 Å². The second kappa shape index (κ2) is 6.42. The largest absolute Gasteiger partial charge is 0.481 e. The van der Waals surface area contributed by atoms with E-state index in [0.29, 0.717) is 0 Å². The van der Waals surface area contributed by atoms with Crippen molar-refractivity contribution in [2.45, 2.75) is 25.5 Å². The summed E-state index contributed by atoms with van der Waals surface area (Å²) in [7, 11) is 1.34. The molecule has 0 spiro atoms. The first-order valence-electron chi connectivity index (χ1n) is 5.39. The van der Waals surface area contributed by atoms with Gasteiger partial charge in [0.1, 0.15) is 11.6 Å². The molecule has 3 N–H and O–H groups in total. The van der Waals surface area contributed by atoms with Gasteiger partial charge in [-0.3, -0.25) is 4.79 Å². The number of halogens is 2. The van der Waals surface area contributed by atoms with Crippen molar-refractivity contribution in [3.8, 4) is 0 Å². The van der Waals surface area contributed by atoms with E-state index in [1.165, 1.54) is 7.11 Å². The van der Waals surface area contributed by atoms with Gasteiger partial charge in [-0.1, -0.05) is 0 Å². The van der Waals surface area contributed by atoms with Crippen LogP contribution in [-0.2, 0) is 16.1 Å². The van der Waals surface area contributed by atoms with Gasteiger partial charge in [0.25, 0.3) is 0 Å². The predicted octanol–water partition coefficient (Wildman–Crippen LogP) is 1.98. The van der Waals surface area contributed by atoms with Crippen molar-refractivity contribution in [3.63, 3.8) is 0 Å². The first-order chi connectivity index (χ1) is 8.45. The summed E-state index contributed by atoms with van der Waals surface area (Å²) >= 11 is 0. The molecule has 100 valence electrons. The average Bonchev–Trinajstić information content (AvgIpc) is 2.30. The van der Waals surface area contributed by atoms with Crippen molar-refractivity contribution in [1.82, 2.24) is 0 Å². The third-order valence-electron chi connectivity index (χ3n) is 2.55. The lowest BCUT2D eigenvalue weighted by molar-refractivity contribution is -0.137. The van der Waals surface area contributed by atoms with Crippen LogP contribution in [0.3, 0.4) is 0 Å². The maximum atomic E-state index is 13.6. The van der Waals surface area contributed by atoms with Gasteiger partial charge in [-0.25, -0.2) is 8.78 Å². The number of carboxylic acids is 1. The number of carboxylic acid groups (broad SMARTS) is 1. The van der Waals surface area contributed by atoms with Gasteiger partial charge in [0.15, 0.2) is 0 Å². The molecule has 1 aromatic rings. The SMILES string of the molecule is COCc1c(F)cc(C(N)CCC(=O)O)cc1F. The molecule has 0 aliphatic rings. The lowest BCUT2D eigenvalue weighted by Crippen LogP contribution is -2.13. The highest BCUT2D eigenvalue weighted by atomic mass is 19.1. The molecule has 0 heterocycles. The van der Waals surface area contributed by atoms with Crippen LogP contribution in [0.2, 0.25) is 0 Å². The van der Waals surface area contributed by atoms with Crippen LogP contribution < -0.4 is 5.73 Å². The second-order valence-corrected chi connectivity index (χ2v) is 3.94. The summed E-state index contributed by atoms with van der Waals surface area (Å²) in [6, 6.07) is 1.52. The van der Waals surface area contributed by atoms with Gasteiger partial charge in [-0.15, -0.1) is 0 Å². The zero-order chi connectivity index (χ0) is 13.7. The van der Waals surface area contributed by atoms with Crippen LogP contribution in [-0.4, -0.2) is 18.2 Å². The third-order valence-corrected chi connectivity index (χ3v) is 2.55. The van der Waals surface area contributed by atoms with Gasteiger partial charge in [0.2, 0.25) is 0 Å². The van der Waals surface area contributed by atoms with Gasteiger partial charge in [-0.05, 0) is 24.1 Å². The molecule has 0 radical (unpaired) electrons. The Kier molecular flexibility index (Phi) is 5.18. The smallest absolute Gasteiger partial charge is 0.303 e. The standard InChI is InChI=1S/C12H15F2NO3/c1-18-6-8-9(13)4-7(5-10(8)14)11(15)2-3-12(16)17/h4-5,11H,2-3,6,15H2,1H3,(H,16,17). The molecule has 0 aliphatic heterocycles. The maximum absolute atomic E-state index is 13.6. The minimum Gasteiger partial charge on any atom is -0.481 e. The van der Waals surface area contributed by atoms with Crippen LogP contribution in [0.5, 0.6) is 0 Å². The van der Waals surface area contributed by atoms with Gasteiger partial charge < -0.3 is 15.6 Å². The molecule has 18 heavy (non-hydrogen) atoms.